The van der Waals surface area contributed by atoms with E-state index in [0.717, 1.165) is 17.7 Å². The van der Waals surface area contributed by atoms with Crippen molar-refractivity contribution in [2.45, 2.75) is 45.6 Å². The summed E-state index contributed by atoms with van der Waals surface area (Å²) in [5, 5.41) is 6.50. The lowest BCUT2D eigenvalue weighted by atomic mass is 10.1. The lowest BCUT2D eigenvalue weighted by Crippen LogP contribution is -2.36. The highest BCUT2D eigenvalue weighted by atomic mass is 127. The van der Waals surface area contributed by atoms with Crippen LogP contribution in [0.5, 0.6) is 5.88 Å². The topological polar surface area (TPSA) is 61.8 Å². The van der Waals surface area contributed by atoms with E-state index in [-0.39, 0.29) is 29.9 Å². The predicted molar refractivity (Wildman–Crippen MR) is 134 cm³/mol. The molecule has 0 spiro atoms. The van der Waals surface area contributed by atoms with Crippen LogP contribution in [0.15, 0.2) is 47.6 Å². The van der Waals surface area contributed by atoms with Crippen molar-refractivity contribution < 1.29 is 17.9 Å². The molecule has 0 atom stereocenters. The highest BCUT2D eigenvalue weighted by molar-refractivity contribution is 14.0. The number of hydrogen-bond donors (Lipinski definition) is 2. The van der Waals surface area contributed by atoms with Crippen LogP contribution in [0.3, 0.4) is 0 Å². The Morgan fingerprint density at radius 3 is 2.30 bits per heavy atom. The van der Waals surface area contributed by atoms with E-state index in [2.05, 4.69) is 54.5 Å². The number of guanidine groups is 1. The second kappa shape index (κ2) is 13.6. The van der Waals surface area contributed by atoms with Crippen molar-refractivity contribution >= 4 is 29.9 Å². The molecule has 2 N–H and O–H groups in total. The second-order valence-electron chi connectivity index (χ2n) is 7.76. The molecule has 1 aliphatic rings. The van der Waals surface area contributed by atoms with Crippen molar-refractivity contribution in [3.8, 4) is 5.88 Å². The molecule has 2 aromatic rings. The summed E-state index contributed by atoms with van der Waals surface area (Å²) < 4.78 is 41.3. The van der Waals surface area contributed by atoms with E-state index in [1.54, 1.807) is 6.07 Å². The Bertz CT molecular complexity index is 854. The first-order chi connectivity index (χ1) is 15.4. The van der Waals surface area contributed by atoms with Gasteiger partial charge in [-0.1, -0.05) is 30.3 Å². The fourth-order valence-corrected chi connectivity index (χ4v) is 3.40. The van der Waals surface area contributed by atoms with Crippen LogP contribution in [-0.2, 0) is 19.6 Å². The molecule has 33 heavy (non-hydrogen) atoms. The van der Waals surface area contributed by atoms with Gasteiger partial charge in [0.2, 0.25) is 5.88 Å². The molecule has 0 radical (unpaired) electrons. The maximum Gasteiger partial charge on any atom is 0.422 e. The first kappa shape index (κ1) is 27.2. The third-order valence-electron chi connectivity index (χ3n) is 5.03. The minimum absolute atomic E-state index is 0. The number of aliphatic imine (C=N–C) groups is 1. The fourth-order valence-electron chi connectivity index (χ4n) is 3.40. The van der Waals surface area contributed by atoms with E-state index in [4.69, 9.17) is 0 Å². The first-order valence-corrected chi connectivity index (χ1v) is 10.9. The summed E-state index contributed by atoms with van der Waals surface area (Å²) in [6, 6.07) is 11.7. The number of likely N-dealkylation sites (tertiary alicyclic amines) is 1. The number of nitrogens with one attached hydrogen (secondary N) is 2. The maximum atomic E-state index is 12.2. The molecule has 1 aliphatic heterocycles. The molecule has 182 valence electrons. The van der Waals surface area contributed by atoms with Crippen LogP contribution in [-0.4, -0.2) is 48.3 Å². The molecule has 1 fully saturated rings. The smallest absolute Gasteiger partial charge is 0.422 e. The number of nitrogens with zero attached hydrogens (tertiary/aromatic N) is 3. The number of hydrogen-bond acceptors (Lipinski definition) is 4. The Hall–Kier alpha value is -2.08. The van der Waals surface area contributed by atoms with Crippen LogP contribution in [0.1, 0.15) is 36.5 Å². The van der Waals surface area contributed by atoms with Gasteiger partial charge < -0.3 is 15.4 Å². The van der Waals surface area contributed by atoms with Crippen molar-refractivity contribution in [1.82, 2.24) is 20.5 Å². The van der Waals surface area contributed by atoms with E-state index < -0.39 is 12.8 Å². The van der Waals surface area contributed by atoms with Crippen molar-refractivity contribution in [2.24, 2.45) is 4.99 Å². The number of rotatable bonds is 9. The van der Waals surface area contributed by atoms with Gasteiger partial charge in [-0.15, -0.1) is 24.0 Å². The molecule has 1 aromatic heterocycles. The molecule has 0 aliphatic carbocycles. The molecule has 3 rings (SSSR count). The largest absolute Gasteiger partial charge is 0.468 e. The molecule has 2 heterocycles. The van der Waals surface area contributed by atoms with Gasteiger partial charge in [-0.3, -0.25) is 4.90 Å². The zero-order chi connectivity index (χ0) is 22.8. The van der Waals surface area contributed by atoms with Crippen LogP contribution in [0.2, 0.25) is 0 Å². The summed E-state index contributed by atoms with van der Waals surface area (Å²) in [6.45, 7) is 5.70. The third-order valence-corrected chi connectivity index (χ3v) is 5.03. The van der Waals surface area contributed by atoms with Gasteiger partial charge in [0.25, 0.3) is 0 Å². The van der Waals surface area contributed by atoms with E-state index in [1.165, 1.54) is 43.8 Å². The van der Waals surface area contributed by atoms with Gasteiger partial charge in [-0.2, -0.15) is 13.2 Å². The highest BCUT2D eigenvalue weighted by Crippen LogP contribution is 2.17. The number of ether oxygens (including phenoxy) is 1. The second-order valence-corrected chi connectivity index (χ2v) is 7.76. The number of benzene rings is 1. The summed E-state index contributed by atoms with van der Waals surface area (Å²) in [5.74, 6) is 0.597. The molecule has 0 saturated carbocycles. The van der Waals surface area contributed by atoms with Crippen LogP contribution in [0, 0.1) is 0 Å². The number of halogens is 4. The minimum Gasteiger partial charge on any atom is -0.468 e. The molecular weight excluding hydrogens is 546 g/mol. The minimum atomic E-state index is -4.38. The molecular formula is C23H31F3IN5O. The van der Waals surface area contributed by atoms with Crippen molar-refractivity contribution in [2.75, 3.05) is 26.2 Å². The summed E-state index contributed by atoms with van der Waals surface area (Å²) in [5.41, 5.74) is 3.26. The standard InChI is InChI=1S/C23H30F3N5O.HI/c1-2-27-22(30-15-20-9-10-21(28-14-20)32-17-23(24,25)26)29-13-18-5-7-19(8-6-18)16-31-11-3-4-12-31;/h5-10,14H,2-4,11-13,15-17H2,1H3,(H2,27,29,30);1H. The molecule has 0 amide bonds. The van der Waals surface area contributed by atoms with Crippen LogP contribution < -0.4 is 15.4 Å². The molecule has 6 nitrogen and oxygen atoms in total. The lowest BCUT2D eigenvalue weighted by Gasteiger charge is -2.15. The number of alkyl halides is 3. The molecule has 0 unspecified atom stereocenters. The molecule has 0 bridgehead atoms. The Kier molecular flexibility index (Phi) is 11.2. The van der Waals surface area contributed by atoms with Gasteiger partial charge in [-0.25, -0.2) is 9.98 Å². The van der Waals surface area contributed by atoms with Gasteiger partial charge in [0, 0.05) is 31.9 Å². The molecule has 10 heteroatoms. The Balaban J connectivity index is 0.00000385. The van der Waals surface area contributed by atoms with Crippen molar-refractivity contribution in [3.05, 3.63) is 59.3 Å². The Labute approximate surface area is 210 Å². The fraction of sp³-hybridized carbons (Fsp3) is 0.478. The quantitative estimate of drug-likeness (QED) is 0.262. The monoisotopic (exact) mass is 577 g/mol. The summed E-state index contributed by atoms with van der Waals surface area (Å²) in [4.78, 5) is 10.9. The van der Waals surface area contributed by atoms with E-state index >= 15 is 0 Å². The molecule has 1 aromatic carbocycles. The third kappa shape index (κ3) is 10.2. The Morgan fingerprint density at radius 2 is 1.70 bits per heavy atom. The van der Waals surface area contributed by atoms with E-state index in [1.807, 2.05) is 6.92 Å². The number of aromatic nitrogens is 1. The maximum absolute atomic E-state index is 12.2. The van der Waals surface area contributed by atoms with E-state index in [9.17, 15) is 13.2 Å². The van der Waals surface area contributed by atoms with Crippen molar-refractivity contribution in [3.63, 3.8) is 0 Å². The SMILES string of the molecule is CCNC(=NCc1ccc(OCC(F)(F)F)nc1)NCc1ccc(CN2CCCC2)cc1.I. The Morgan fingerprint density at radius 1 is 1.03 bits per heavy atom. The van der Waals surface area contributed by atoms with Gasteiger partial charge >= 0.3 is 6.18 Å². The van der Waals surface area contributed by atoms with Crippen LogP contribution in [0.25, 0.3) is 0 Å². The summed E-state index contributed by atoms with van der Waals surface area (Å²) in [6.07, 6.45) is -0.329. The van der Waals surface area contributed by atoms with Crippen LogP contribution in [0.4, 0.5) is 13.2 Å². The average Bonchev–Trinajstić information content (AvgIpc) is 3.28. The van der Waals surface area contributed by atoms with Gasteiger partial charge in [-0.05, 0) is 49.5 Å². The first-order valence-electron chi connectivity index (χ1n) is 10.9. The normalized spacial score (nSPS) is 14.6. The van der Waals surface area contributed by atoms with E-state index in [0.29, 0.717) is 25.6 Å². The predicted octanol–water partition coefficient (Wildman–Crippen LogP) is 4.49. The zero-order valence-corrected chi connectivity index (χ0v) is 21.0. The molecule has 1 saturated heterocycles. The van der Waals surface area contributed by atoms with Gasteiger partial charge in [0.1, 0.15) is 0 Å². The lowest BCUT2D eigenvalue weighted by molar-refractivity contribution is -0.154. The summed E-state index contributed by atoms with van der Waals surface area (Å²) >= 11 is 0. The van der Waals surface area contributed by atoms with Crippen LogP contribution >= 0.6 is 24.0 Å². The van der Waals surface area contributed by atoms with Crippen molar-refractivity contribution in [1.29, 1.82) is 0 Å². The van der Waals surface area contributed by atoms with Gasteiger partial charge in [0.15, 0.2) is 12.6 Å². The van der Waals surface area contributed by atoms with Gasteiger partial charge in [0.05, 0.1) is 6.54 Å². The highest BCUT2D eigenvalue weighted by Gasteiger charge is 2.28. The average molecular weight is 577 g/mol. The number of pyridine rings is 1. The summed E-state index contributed by atoms with van der Waals surface area (Å²) in [7, 11) is 0. The zero-order valence-electron chi connectivity index (χ0n) is 18.7.